The van der Waals surface area contributed by atoms with Crippen molar-refractivity contribution in [2.24, 2.45) is 10.4 Å². The van der Waals surface area contributed by atoms with Gasteiger partial charge in [0.25, 0.3) is 0 Å². The van der Waals surface area contributed by atoms with E-state index in [0.717, 1.165) is 11.4 Å². The maximum atomic E-state index is 4.34. The van der Waals surface area contributed by atoms with Crippen LogP contribution in [0.2, 0.25) is 0 Å². The molecule has 1 aliphatic rings. The molecule has 0 saturated heterocycles. The Morgan fingerprint density at radius 2 is 2.15 bits per heavy atom. The third-order valence-corrected chi connectivity index (χ3v) is 2.03. The second-order valence-corrected chi connectivity index (χ2v) is 3.83. The zero-order valence-corrected chi connectivity index (χ0v) is 7.86. The van der Waals surface area contributed by atoms with E-state index in [1.54, 1.807) is 6.20 Å². The third kappa shape index (κ3) is 1.66. The summed E-state index contributed by atoms with van der Waals surface area (Å²) in [6, 6.07) is 3.95. The minimum absolute atomic E-state index is 0.0285. The van der Waals surface area contributed by atoms with Crippen LogP contribution in [0, 0.1) is 5.41 Å². The molecule has 0 radical (unpaired) electrons. The first-order chi connectivity index (χ1) is 6.17. The second-order valence-electron chi connectivity index (χ2n) is 3.83. The van der Waals surface area contributed by atoms with Crippen LogP contribution < -0.4 is 0 Å². The van der Waals surface area contributed by atoms with Crippen LogP contribution in [0.3, 0.4) is 0 Å². The van der Waals surface area contributed by atoms with Gasteiger partial charge in [-0.15, -0.1) is 0 Å². The molecule has 1 aromatic rings. The Hall–Kier alpha value is -1.44. The Morgan fingerprint density at radius 3 is 3.00 bits per heavy atom. The molecule has 2 heteroatoms. The lowest BCUT2D eigenvalue weighted by Crippen LogP contribution is -2.07. The molecule has 0 amide bonds. The number of pyridine rings is 1. The number of allylic oxidation sites excluding steroid dienone is 1. The van der Waals surface area contributed by atoms with Crippen molar-refractivity contribution >= 4 is 18.1 Å². The highest BCUT2D eigenvalue weighted by Gasteiger charge is 2.13. The first kappa shape index (κ1) is 8.17. The van der Waals surface area contributed by atoms with Crippen molar-refractivity contribution in [3.63, 3.8) is 0 Å². The monoisotopic (exact) mass is 172 g/mol. The molecular formula is C11H12N2. The molecule has 0 spiro atoms. The molecule has 0 atom stereocenters. The van der Waals surface area contributed by atoms with Gasteiger partial charge in [0, 0.05) is 23.4 Å². The van der Waals surface area contributed by atoms with Crippen LogP contribution in [0.5, 0.6) is 0 Å². The van der Waals surface area contributed by atoms with Gasteiger partial charge >= 0.3 is 0 Å². The quantitative estimate of drug-likeness (QED) is 0.590. The zero-order chi connectivity index (χ0) is 9.31. The zero-order valence-electron chi connectivity index (χ0n) is 7.86. The van der Waals surface area contributed by atoms with E-state index in [4.69, 9.17) is 0 Å². The fourth-order valence-corrected chi connectivity index (χ4v) is 1.22. The van der Waals surface area contributed by atoms with E-state index in [2.05, 4.69) is 36.0 Å². The summed E-state index contributed by atoms with van der Waals surface area (Å²) in [6.45, 7) is 4.25. The molecule has 2 nitrogen and oxygen atoms in total. The molecule has 1 aromatic heterocycles. The van der Waals surface area contributed by atoms with Gasteiger partial charge in [0.2, 0.25) is 0 Å². The minimum Gasteiger partial charge on any atom is -0.240 e. The Balaban J connectivity index is 2.53. The summed E-state index contributed by atoms with van der Waals surface area (Å²) in [6.07, 6.45) is 7.92. The van der Waals surface area contributed by atoms with E-state index in [1.807, 2.05) is 18.3 Å². The summed E-state index contributed by atoms with van der Waals surface area (Å²) in [4.78, 5) is 8.54. The summed E-state index contributed by atoms with van der Waals surface area (Å²) < 4.78 is 0. The van der Waals surface area contributed by atoms with Crippen molar-refractivity contribution in [3.8, 4) is 0 Å². The molecule has 0 bridgehead atoms. The van der Waals surface area contributed by atoms with Gasteiger partial charge in [-0.05, 0) is 12.1 Å². The first-order valence-corrected chi connectivity index (χ1v) is 4.37. The molecule has 0 aliphatic carbocycles. The predicted octanol–water partition coefficient (Wildman–Crippen LogP) is 2.84. The molecule has 0 N–H and O–H groups in total. The normalized spacial score (nSPS) is 18.0. The highest BCUT2D eigenvalue weighted by Crippen LogP contribution is 2.25. The van der Waals surface area contributed by atoms with E-state index in [9.17, 15) is 0 Å². The van der Waals surface area contributed by atoms with Gasteiger partial charge in [-0.25, -0.2) is 9.98 Å². The Morgan fingerprint density at radius 1 is 1.31 bits per heavy atom. The van der Waals surface area contributed by atoms with Crippen molar-refractivity contribution in [3.05, 3.63) is 30.0 Å². The van der Waals surface area contributed by atoms with Crippen LogP contribution in [-0.2, 0) is 0 Å². The summed E-state index contributed by atoms with van der Waals surface area (Å²) in [5.41, 5.74) is 1.12. The number of fused-ring (bicyclic) bond motifs is 1. The lowest BCUT2D eigenvalue weighted by atomic mass is 9.95. The van der Waals surface area contributed by atoms with E-state index in [1.165, 1.54) is 0 Å². The molecule has 13 heavy (non-hydrogen) atoms. The van der Waals surface area contributed by atoms with Crippen molar-refractivity contribution in [1.82, 2.24) is 4.98 Å². The summed E-state index contributed by atoms with van der Waals surface area (Å²) in [5, 5.41) is 0. The van der Waals surface area contributed by atoms with Gasteiger partial charge < -0.3 is 0 Å². The first-order valence-electron chi connectivity index (χ1n) is 4.37. The number of rotatable bonds is 0. The smallest absolute Gasteiger partial charge is 0.158 e. The fourth-order valence-electron chi connectivity index (χ4n) is 1.22. The molecule has 1 aliphatic heterocycles. The summed E-state index contributed by atoms with van der Waals surface area (Å²) in [5.74, 6) is 0.810. The molecule has 0 unspecified atom stereocenters. The number of aromatic nitrogens is 1. The highest BCUT2D eigenvalue weighted by molar-refractivity contribution is 5.78. The molecule has 0 fully saturated rings. The van der Waals surface area contributed by atoms with Crippen LogP contribution >= 0.6 is 0 Å². The van der Waals surface area contributed by atoms with Gasteiger partial charge in [-0.2, -0.15) is 0 Å². The predicted molar refractivity (Wildman–Crippen MR) is 55.2 cm³/mol. The van der Waals surface area contributed by atoms with Crippen molar-refractivity contribution in [1.29, 1.82) is 0 Å². The molecule has 2 rings (SSSR count). The van der Waals surface area contributed by atoms with Gasteiger partial charge in [0.05, 0.1) is 0 Å². The van der Waals surface area contributed by atoms with Gasteiger partial charge in [-0.3, -0.25) is 0 Å². The van der Waals surface area contributed by atoms with Crippen molar-refractivity contribution in [2.75, 3.05) is 0 Å². The lowest BCUT2D eigenvalue weighted by molar-refractivity contribution is 0.699. The average Bonchev–Trinajstić information content (AvgIpc) is 2.27. The van der Waals surface area contributed by atoms with E-state index in [0.29, 0.717) is 0 Å². The van der Waals surface area contributed by atoms with E-state index >= 15 is 0 Å². The Kier molecular flexibility index (Phi) is 1.76. The Bertz CT molecular complexity index is 340. The average molecular weight is 172 g/mol. The minimum atomic E-state index is 0.0285. The molecule has 66 valence electrons. The van der Waals surface area contributed by atoms with Gasteiger partial charge in [0.15, 0.2) is 5.82 Å². The molecule has 0 aromatic carbocycles. The van der Waals surface area contributed by atoms with E-state index in [-0.39, 0.29) is 5.41 Å². The van der Waals surface area contributed by atoms with E-state index < -0.39 is 0 Å². The third-order valence-electron chi connectivity index (χ3n) is 2.03. The Labute approximate surface area is 78.0 Å². The summed E-state index contributed by atoms with van der Waals surface area (Å²) >= 11 is 0. The maximum Gasteiger partial charge on any atom is 0.158 e. The number of hydrogen-bond acceptors (Lipinski definition) is 2. The van der Waals surface area contributed by atoms with Crippen LogP contribution in [0.1, 0.15) is 19.4 Å². The standard InChI is InChI=1S/C11H12N2/c1-11(2)6-5-9-4-3-7-12-10(9)13-8-11/h3-8H,1-2H3. The van der Waals surface area contributed by atoms with Crippen molar-refractivity contribution < 1.29 is 0 Å². The molecule has 0 saturated carbocycles. The number of nitrogens with zero attached hydrogens (tertiary/aromatic N) is 2. The maximum absolute atomic E-state index is 4.34. The van der Waals surface area contributed by atoms with Crippen LogP contribution in [-0.4, -0.2) is 11.2 Å². The van der Waals surface area contributed by atoms with Crippen molar-refractivity contribution in [2.45, 2.75) is 13.8 Å². The molecular weight excluding hydrogens is 160 g/mol. The SMILES string of the molecule is CC1(C)C=Cc2cccnc2N=C1. The second kappa shape index (κ2) is 2.80. The number of aliphatic imine (C=N–C) groups is 1. The lowest BCUT2D eigenvalue weighted by Gasteiger charge is -2.10. The number of hydrogen-bond donors (Lipinski definition) is 0. The highest BCUT2D eigenvalue weighted by atomic mass is 14.9. The summed E-state index contributed by atoms with van der Waals surface area (Å²) in [7, 11) is 0. The van der Waals surface area contributed by atoms with Gasteiger partial charge in [0.1, 0.15) is 0 Å². The largest absolute Gasteiger partial charge is 0.240 e. The van der Waals surface area contributed by atoms with Crippen LogP contribution in [0.15, 0.2) is 29.4 Å². The molecule has 2 heterocycles. The van der Waals surface area contributed by atoms with Gasteiger partial charge in [-0.1, -0.05) is 26.0 Å². The fraction of sp³-hybridized carbons (Fsp3) is 0.273. The topological polar surface area (TPSA) is 25.2 Å². The van der Waals surface area contributed by atoms with Crippen LogP contribution in [0.25, 0.3) is 6.08 Å². The van der Waals surface area contributed by atoms with Crippen LogP contribution in [0.4, 0.5) is 5.82 Å².